The van der Waals surface area contributed by atoms with Crippen molar-refractivity contribution >= 4 is 11.6 Å². The zero-order valence-corrected chi connectivity index (χ0v) is 12.1. The molecule has 1 aliphatic heterocycles. The minimum Gasteiger partial charge on any atom is -0.326 e. The summed E-state index contributed by atoms with van der Waals surface area (Å²) < 4.78 is 0. The van der Waals surface area contributed by atoms with Crippen molar-refractivity contribution in [3.05, 3.63) is 70.7 Å². The first-order valence-corrected chi connectivity index (χ1v) is 7.37. The summed E-state index contributed by atoms with van der Waals surface area (Å²) in [5.74, 6) is 0.399. The lowest BCUT2D eigenvalue weighted by molar-refractivity contribution is 0.324. The average Bonchev–Trinajstić information content (AvgIpc) is 2.81. The van der Waals surface area contributed by atoms with Gasteiger partial charge in [-0.15, -0.1) is 0 Å². The van der Waals surface area contributed by atoms with E-state index in [1.807, 2.05) is 12.1 Å². The van der Waals surface area contributed by atoms with Crippen molar-refractivity contribution in [3.63, 3.8) is 0 Å². The minimum atomic E-state index is 0.194. The number of hydrogen-bond acceptors (Lipinski definition) is 2. The molecule has 0 aliphatic carbocycles. The van der Waals surface area contributed by atoms with E-state index >= 15 is 0 Å². The SMILES string of the molecule is N[C@@H]1CN(Cc2ccccc2)C[C@@H]1c1ccc(Cl)cc1. The largest absolute Gasteiger partial charge is 0.326 e. The van der Waals surface area contributed by atoms with E-state index in [1.165, 1.54) is 11.1 Å². The third-order valence-corrected chi connectivity index (χ3v) is 4.24. The first-order chi connectivity index (χ1) is 9.72. The fourth-order valence-corrected chi connectivity index (χ4v) is 3.07. The number of likely N-dealkylation sites (tertiary alicyclic amines) is 1. The molecule has 2 aromatic carbocycles. The highest BCUT2D eigenvalue weighted by Gasteiger charge is 2.30. The minimum absolute atomic E-state index is 0.194. The zero-order valence-electron chi connectivity index (χ0n) is 11.4. The molecule has 104 valence electrons. The summed E-state index contributed by atoms with van der Waals surface area (Å²) >= 11 is 5.95. The highest BCUT2D eigenvalue weighted by molar-refractivity contribution is 6.30. The zero-order chi connectivity index (χ0) is 13.9. The van der Waals surface area contributed by atoms with Gasteiger partial charge in [0.15, 0.2) is 0 Å². The maximum absolute atomic E-state index is 6.32. The van der Waals surface area contributed by atoms with E-state index < -0.39 is 0 Å². The van der Waals surface area contributed by atoms with E-state index in [9.17, 15) is 0 Å². The highest BCUT2D eigenvalue weighted by atomic mass is 35.5. The second kappa shape index (κ2) is 5.96. The molecule has 0 aromatic heterocycles. The van der Waals surface area contributed by atoms with Crippen molar-refractivity contribution < 1.29 is 0 Å². The van der Waals surface area contributed by atoms with Crippen LogP contribution in [0, 0.1) is 0 Å². The quantitative estimate of drug-likeness (QED) is 0.938. The molecule has 0 bridgehead atoms. The van der Waals surface area contributed by atoms with Crippen molar-refractivity contribution in [2.24, 2.45) is 5.73 Å². The van der Waals surface area contributed by atoms with E-state index in [4.69, 9.17) is 17.3 Å². The number of hydrogen-bond donors (Lipinski definition) is 1. The van der Waals surface area contributed by atoms with Crippen LogP contribution in [0.3, 0.4) is 0 Å². The van der Waals surface area contributed by atoms with E-state index in [1.54, 1.807) is 0 Å². The average molecular weight is 287 g/mol. The molecular weight excluding hydrogens is 268 g/mol. The van der Waals surface area contributed by atoms with Crippen LogP contribution in [0.15, 0.2) is 54.6 Å². The van der Waals surface area contributed by atoms with Gasteiger partial charge in [0.1, 0.15) is 0 Å². The number of nitrogens with two attached hydrogens (primary N) is 1. The van der Waals surface area contributed by atoms with Gasteiger partial charge < -0.3 is 5.73 Å². The Morgan fingerprint density at radius 1 is 1.00 bits per heavy atom. The lowest BCUT2D eigenvalue weighted by Crippen LogP contribution is -2.28. The summed E-state index contributed by atoms with van der Waals surface area (Å²) in [5.41, 5.74) is 8.95. The summed E-state index contributed by atoms with van der Waals surface area (Å²) in [7, 11) is 0. The Hall–Kier alpha value is -1.35. The molecule has 20 heavy (non-hydrogen) atoms. The Labute approximate surface area is 125 Å². The van der Waals surface area contributed by atoms with Gasteiger partial charge in [0.05, 0.1) is 0 Å². The summed E-state index contributed by atoms with van der Waals surface area (Å²) in [6, 6.07) is 18.8. The first kappa shape index (κ1) is 13.6. The molecule has 3 rings (SSSR count). The molecule has 3 heteroatoms. The number of benzene rings is 2. The predicted octanol–water partition coefficient (Wildman–Crippen LogP) is 3.27. The number of rotatable bonds is 3. The van der Waals surface area contributed by atoms with Gasteiger partial charge in [-0.1, -0.05) is 54.1 Å². The van der Waals surface area contributed by atoms with Crippen LogP contribution in [-0.4, -0.2) is 24.0 Å². The molecule has 1 aliphatic rings. The van der Waals surface area contributed by atoms with Crippen LogP contribution in [0.4, 0.5) is 0 Å². The molecule has 1 saturated heterocycles. The lowest BCUT2D eigenvalue weighted by atomic mass is 9.95. The van der Waals surface area contributed by atoms with Gasteiger partial charge in [-0.25, -0.2) is 0 Å². The summed E-state index contributed by atoms with van der Waals surface area (Å²) in [4.78, 5) is 2.43. The number of halogens is 1. The predicted molar refractivity (Wildman–Crippen MR) is 83.9 cm³/mol. The van der Waals surface area contributed by atoms with Gasteiger partial charge in [0, 0.05) is 36.6 Å². The van der Waals surface area contributed by atoms with Crippen molar-refractivity contribution in [2.75, 3.05) is 13.1 Å². The van der Waals surface area contributed by atoms with Crippen molar-refractivity contribution in [2.45, 2.75) is 18.5 Å². The van der Waals surface area contributed by atoms with Crippen LogP contribution in [0.5, 0.6) is 0 Å². The van der Waals surface area contributed by atoms with Crippen LogP contribution in [0.2, 0.25) is 5.02 Å². The highest BCUT2D eigenvalue weighted by Crippen LogP contribution is 2.28. The molecule has 1 fully saturated rings. The lowest BCUT2D eigenvalue weighted by Gasteiger charge is -2.16. The Morgan fingerprint density at radius 2 is 1.70 bits per heavy atom. The van der Waals surface area contributed by atoms with Crippen molar-refractivity contribution in [1.82, 2.24) is 4.90 Å². The standard InChI is InChI=1S/C17H19ClN2/c18-15-8-6-14(7-9-15)16-11-20(12-17(16)19)10-13-4-2-1-3-5-13/h1-9,16-17H,10-12,19H2/t16-,17-/m1/s1. The molecule has 0 saturated carbocycles. The maximum Gasteiger partial charge on any atom is 0.0406 e. The van der Waals surface area contributed by atoms with Gasteiger partial charge >= 0.3 is 0 Å². The van der Waals surface area contributed by atoms with Crippen LogP contribution < -0.4 is 5.73 Å². The van der Waals surface area contributed by atoms with Crippen LogP contribution in [0.1, 0.15) is 17.0 Å². The third-order valence-electron chi connectivity index (χ3n) is 3.99. The van der Waals surface area contributed by atoms with Gasteiger partial charge in [0.2, 0.25) is 0 Å². The molecular formula is C17H19ClN2. The molecule has 0 unspecified atom stereocenters. The maximum atomic E-state index is 6.32. The van der Waals surface area contributed by atoms with Gasteiger partial charge in [0.25, 0.3) is 0 Å². The van der Waals surface area contributed by atoms with Crippen molar-refractivity contribution in [1.29, 1.82) is 0 Å². The summed E-state index contributed by atoms with van der Waals surface area (Å²) in [6.07, 6.45) is 0. The molecule has 2 atom stereocenters. The van der Waals surface area contributed by atoms with Crippen LogP contribution in [0.25, 0.3) is 0 Å². The van der Waals surface area contributed by atoms with E-state index in [0.29, 0.717) is 5.92 Å². The monoisotopic (exact) mass is 286 g/mol. The second-order valence-electron chi connectivity index (χ2n) is 5.50. The molecule has 0 spiro atoms. The molecule has 0 amide bonds. The topological polar surface area (TPSA) is 29.3 Å². The second-order valence-corrected chi connectivity index (χ2v) is 5.94. The Balaban J connectivity index is 1.69. The number of nitrogens with zero attached hydrogens (tertiary/aromatic N) is 1. The van der Waals surface area contributed by atoms with Crippen LogP contribution in [-0.2, 0) is 6.54 Å². The smallest absolute Gasteiger partial charge is 0.0406 e. The molecule has 2 N–H and O–H groups in total. The Morgan fingerprint density at radius 3 is 2.40 bits per heavy atom. The Bertz CT molecular complexity index is 553. The normalized spacial score (nSPS) is 23.1. The third kappa shape index (κ3) is 3.04. The van der Waals surface area contributed by atoms with Gasteiger partial charge in [-0.05, 0) is 23.3 Å². The molecule has 1 heterocycles. The van der Waals surface area contributed by atoms with Crippen LogP contribution >= 0.6 is 11.6 Å². The first-order valence-electron chi connectivity index (χ1n) is 7.00. The van der Waals surface area contributed by atoms with E-state index in [2.05, 4.69) is 47.4 Å². The fraction of sp³-hybridized carbons (Fsp3) is 0.294. The van der Waals surface area contributed by atoms with Gasteiger partial charge in [-0.2, -0.15) is 0 Å². The molecule has 0 radical (unpaired) electrons. The Kier molecular flexibility index (Phi) is 4.06. The van der Waals surface area contributed by atoms with Gasteiger partial charge in [-0.3, -0.25) is 4.90 Å². The fourth-order valence-electron chi connectivity index (χ4n) is 2.95. The van der Waals surface area contributed by atoms with Crippen molar-refractivity contribution in [3.8, 4) is 0 Å². The van der Waals surface area contributed by atoms with E-state index in [0.717, 1.165) is 24.7 Å². The molecule has 2 aromatic rings. The van der Waals surface area contributed by atoms with E-state index in [-0.39, 0.29) is 6.04 Å². The summed E-state index contributed by atoms with van der Waals surface area (Å²) in [6.45, 7) is 2.93. The molecule has 2 nitrogen and oxygen atoms in total. The summed E-state index contributed by atoms with van der Waals surface area (Å²) in [5, 5.41) is 0.779.